The molecule has 3 N–H and O–H groups in total. The molecule has 9 nitrogen and oxygen atoms in total. The third-order valence-corrected chi connectivity index (χ3v) is 6.87. The molecule has 0 bridgehead atoms. The smallest absolute Gasteiger partial charge is 0.404 e. The summed E-state index contributed by atoms with van der Waals surface area (Å²) in [6, 6.07) is 0.495. The van der Waals surface area contributed by atoms with Crippen molar-refractivity contribution in [2.45, 2.75) is 43.6 Å². The number of allylic oxidation sites excluding steroid dienone is 2. The largest absolute Gasteiger partial charge is 0.449 e. The first-order valence-electron chi connectivity index (χ1n) is 9.60. The van der Waals surface area contributed by atoms with Crippen molar-refractivity contribution in [1.29, 1.82) is 0 Å². The second kappa shape index (κ2) is 5.57. The van der Waals surface area contributed by atoms with Crippen LogP contribution in [-0.4, -0.2) is 78.6 Å². The van der Waals surface area contributed by atoms with Gasteiger partial charge in [0.15, 0.2) is 5.72 Å². The molecule has 3 heterocycles. The minimum Gasteiger partial charge on any atom is -0.449 e. The van der Waals surface area contributed by atoms with Gasteiger partial charge in [0.25, 0.3) is 0 Å². The SMILES string of the molecule is COC12C(COC(N)=O)C3=C(C(=O)C(C)=C(NC4CC4)C3=O)N1CC1C2N1C. The van der Waals surface area contributed by atoms with E-state index in [0.29, 0.717) is 29.1 Å². The molecule has 2 aliphatic carbocycles. The average Bonchev–Trinajstić information content (AvgIpc) is 3.52. The highest BCUT2D eigenvalue weighted by Gasteiger charge is 2.75. The van der Waals surface area contributed by atoms with Crippen LogP contribution >= 0.6 is 0 Å². The van der Waals surface area contributed by atoms with Crippen LogP contribution in [-0.2, 0) is 19.1 Å². The number of fused-ring (bicyclic) bond motifs is 4. The quantitative estimate of drug-likeness (QED) is 0.478. The van der Waals surface area contributed by atoms with Crippen LogP contribution < -0.4 is 11.1 Å². The third-order valence-electron chi connectivity index (χ3n) is 6.87. The number of hydrogen-bond donors (Lipinski definition) is 2. The van der Waals surface area contributed by atoms with Gasteiger partial charge in [0.1, 0.15) is 6.61 Å². The van der Waals surface area contributed by atoms with Crippen LogP contribution in [0.25, 0.3) is 0 Å². The van der Waals surface area contributed by atoms with Crippen molar-refractivity contribution in [1.82, 2.24) is 15.1 Å². The fraction of sp³-hybridized carbons (Fsp3) is 0.632. The predicted octanol–water partition coefficient (Wildman–Crippen LogP) is -0.516. The summed E-state index contributed by atoms with van der Waals surface area (Å²) in [5.41, 5.74) is 5.86. The highest BCUT2D eigenvalue weighted by atomic mass is 16.6. The zero-order valence-electron chi connectivity index (χ0n) is 16.2. The molecule has 0 spiro atoms. The van der Waals surface area contributed by atoms with E-state index in [1.807, 2.05) is 11.9 Å². The Morgan fingerprint density at radius 3 is 2.64 bits per heavy atom. The first-order valence-corrected chi connectivity index (χ1v) is 9.60. The van der Waals surface area contributed by atoms with E-state index in [0.717, 1.165) is 12.8 Å². The van der Waals surface area contributed by atoms with E-state index in [1.165, 1.54) is 0 Å². The Morgan fingerprint density at radius 2 is 2.04 bits per heavy atom. The number of nitrogens with one attached hydrogen (secondary N) is 1. The molecular formula is C19H24N4O5. The van der Waals surface area contributed by atoms with E-state index < -0.39 is 17.7 Å². The Balaban J connectivity index is 1.60. The van der Waals surface area contributed by atoms with Gasteiger partial charge in [-0.05, 0) is 26.8 Å². The van der Waals surface area contributed by atoms with Gasteiger partial charge in [-0.1, -0.05) is 0 Å². The maximum Gasteiger partial charge on any atom is 0.404 e. The number of hydrogen-bond acceptors (Lipinski definition) is 8. The molecule has 28 heavy (non-hydrogen) atoms. The van der Waals surface area contributed by atoms with Gasteiger partial charge in [0, 0.05) is 36.9 Å². The molecule has 0 aromatic carbocycles. The summed E-state index contributed by atoms with van der Waals surface area (Å²) in [5, 5.41) is 3.22. The molecule has 1 saturated carbocycles. The molecule has 0 aromatic rings. The van der Waals surface area contributed by atoms with Gasteiger partial charge >= 0.3 is 6.09 Å². The number of likely N-dealkylation sites (N-methyl/N-ethyl adjacent to an activating group) is 1. The Bertz CT molecular complexity index is 876. The summed E-state index contributed by atoms with van der Waals surface area (Å²) in [4.78, 5) is 42.2. The Kier molecular flexibility index (Phi) is 3.52. The molecule has 2 saturated heterocycles. The normalized spacial score (nSPS) is 38.5. The minimum absolute atomic E-state index is 0.0188. The summed E-state index contributed by atoms with van der Waals surface area (Å²) in [7, 11) is 3.57. The van der Waals surface area contributed by atoms with Gasteiger partial charge in [0.05, 0.1) is 23.4 Å². The third kappa shape index (κ3) is 2.06. The number of methoxy groups -OCH3 is 1. The zero-order valence-corrected chi connectivity index (χ0v) is 16.2. The summed E-state index contributed by atoms with van der Waals surface area (Å²) in [5.74, 6) is -0.951. The van der Waals surface area contributed by atoms with Gasteiger partial charge < -0.3 is 25.4 Å². The van der Waals surface area contributed by atoms with Crippen molar-refractivity contribution in [3.8, 4) is 0 Å². The Hall–Kier alpha value is -2.39. The topological polar surface area (TPSA) is 114 Å². The number of primary amides is 1. The van der Waals surface area contributed by atoms with E-state index in [-0.39, 0.29) is 36.3 Å². The number of carbonyl (C=O) groups is 3. The molecule has 9 heteroatoms. The van der Waals surface area contributed by atoms with Crippen LogP contribution in [0.1, 0.15) is 19.8 Å². The maximum atomic E-state index is 13.5. The lowest BCUT2D eigenvalue weighted by Crippen LogP contribution is -2.55. The standard InChI is InChI=1S/C19H24N4O5/c1-8-13(21-9-4-5-9)16(25)12-10(7-28-18(20)26)19(27-3)17-11(22(17)2)6-23(19)14(12)15(8)24/h9-11,17,21H,4-7H2,1-3H3,(H2,20,26). The number of carbonyl (C=O) groups excluding carboxylic acids is 3. The molecule has 3 fully saturated rings. The number of Topliss-reactive ketones (excluding diaryl/α,β-unsaturated/α-hetero) is 2. The number of amides is 1. The summed E-state index contributed by atoms with van der Waals surface area (Å²) < 4.78 is 11.1. The summed E-state index contributed by atoms with van der Waals surface area (Å²) in [6.45, 7) is 2.18. The van der Waals surface area contributed by atoms with Crippen molar-refractivity contribution in [2.75, 3.05) is 27.3 Å². The number of rotatable bonds is 5. The van der Waals surface area contributed by atoms with Crippen LogP contribution in [0.15, 0.2) is 22.5 Å². The van der Waals surface area contributed by atoms with Gasteiger partial charge in [-0.15, -0.1) is 0 Å². The maximum absolute atomic E-state index is 13.5. The molecule has 150 valence electrons. The van der Waals surface area contributed by atoms with Crippen molar-refractivity contribution >= 4 is 17.7 Å². The molecule has 3 aliphatic heterocycles. The molecule has 1 amide bonds. The number of ether oxygens (including phenoxy) is 2. The molecular weight excluding hydrogens is 364 g/mol. The predicted molar refractivity (Wildman–Crippen MR) is 96.7 cm³/mol. The molecule has 5 rings (SSSR count). The van der Waals surface area contributed by atoms with E-state index >= 15 is 0 Å². The molecule has 5 atom stereocenters. The van der Waals surface area contributed by atoms with E-state index in [1.54, 1.807) is 14.0 Å². The second-order valence-corrected chi connectivity index (χ2v) is 8.27. The molecule has 5 aliphatic rings. The molecule has 0 radical (unpaired) electrons. The van der Waals surface area contributed by atoms with Crippen LogP contribution in [0.5, 0.6) is 0 Å². The van der Waals surface area contributed by atoms with Crippen molar-refractivity contribution in [2.24, 2.45) is 11.7 Å². The highest BCUT2D eigenvalue weighted by Crippen LogP contribution is 2.59. The van der Waals surface area contributed by atoms with Crippen molar-refractivity contribution in [3.05, 3.63) is 22.5 Å². The second-order valence-electron chi connectivity index (χ2n) is 8.27. The fourth-order valence-corrected chi connectivity index (χ4v) is 5.32. The van der Waals surface area contributed by atoms with Crippen molar-refractivity contribution < 1.29 is 23.9 Å². The van der Waals surface area contributed by atoms with E-state index in [2.05, 4.69) is 10.2 Å². The first kappa shape index (κ1) is 17.7. The Labute approximate surface area is 162 Å². The molecule has 0 aromatic heterocycles. The highest BCUT2D eigenvalue weighted by molar-refractivity contribution is 6.25. The lowest BCUT2D eigenvalue weighted by Gasteiger charge is -2.40. The zero-order chi connectivity index (χ0) is 20.0. The first-order chi connectivity index (χ1) is 13.3. The number of ketones is 2. The number of nitrogens with two attached hydrogens (primary N) is 1. The Morgan fingerprint density at radius 1 is 1.32 bits per heavy atom. The van der Waals surface area contributed by atoms with Gasteiger partial charge in [0.2, 0.25) is 11.6 Å². The fourth-order valence-electron chi connectivity index (χ4n) is 5.32. The number of piperazine rings is 1. The van der Waals surface area contributed by atoms with Crippen LogP contribution in [0.3, 0.4) is 0 Å². The molecule has 5 unspecified atom stereocenters. The summed E-state index contributed by atoms with van der Waals surface area (Å²) >= 11 is 0. The van der Waals surface area contributed by atoms with E-state index in [4.69, 9.17) is 15.2 Å². The van der Waals surface area contributed by atoms with Gasteiger partial charge in [-0.3, -0.25) is 14.5 Å². The van der Waals surface area contributed by atoms with Crippen LogP contribution in [0.2, 0.25) is 0 Å². The van der Waals surface area contributed by atoms with Crippen LogP contribution in [0, 0.1) is 5.92 Å². The monoisotopic (exact) mass is 388 g/mol. The lowest BCUT2D eigenvalue weighted by atomic mass is 9.82. The average molecular weight is 388 g/mol. The lowest BCUT2D eigenvalue weighted by molar-refractivity contribution is -0.144. The van der Waals surface area contributed by atoms with Gasteiger partial charge in [-0.25, -0.2) is 4.79 Å². The van der Waals surface area contributed by atoms with Crippen LogP contribution in [0.4, 0.5) is 4.79 Å². The number of nitrogens with zero attached hydrogens (tertiary/aromatic N) is 2. The van der Waals surface area contributed by atoms with Gasteiger partial charge in [-0.2, -0.15) is 0 Å². The minimum atomic E-state index is -0.917. The van der Waals surface area contributed by atoms with E-state index in [9.17, 15) is 14.4 Å². The summed E-state index contributed by atoms with van der Waals surface area (Å²) in [6.07, 6.45) is 1.06. The van der Waals surface area contributed by atoms with Crippen molar-refractivity contribution in [3.63, 3.8) is 0 Å².